The van der Waals surface area contributed by atoms with Gasteiger partial charge in [0.15, 0.2) is 11.8 Å². The number of guanidine groups is 1. The average Bonchev–Trinajstić information content (AvgIpc) is 2.83. The van der Waals surface area contributed by atoms with Crippen molar-refractivity contribution in [3.05, 3.63) is 11.6 Å². The summed E-state index contributed by atoms with van der Waals surface area (Å²) in [4.78, 5) is 4.64. The Labute approximate surface area is 163 Å². The number of hydrogen-bond donors (Lipinski definition) is 2. The van der Waals surface area contributed by atoms with Crippen molar-refractivity contribution < 1.29 is 4.74 Å². The zero-order chi connectivity index (χ0) is 17.2. The van der Waals surface area contributed by atoms with Gasteiger partial charge in [-0.2, -0.15) is 0 Å². The number of aryl methyl sites for hydroxylation is 1. The molecule has 140 valence electrons. The van der Waals surface area contributed by atoms with Crippen LogP contribution in [0.2, 0.25) is 0 Å². The molecule has 8 heteroatoms. The zero-order valence-corrected chi connectivity index (χ0v) is 18.1. The van der Waals surface area contributed by atoms with E-state index >= 15 is 0 Å². The third-order valence-electron chi connectivity index (χ3n) is 3.89. The maximum Gasteiger partial charge on any atom is 0.191 e. The Bertz CT molecular complexity index is 489. The lowest BCUT2D eigenvalue weighted by atomic mass is 10.1. The van der Waals surface area contributed by atoms with Crippen LogP contribution in [0.3, 0.4) is 0 Å². The summed E-state index contributed by atoms with van der Waals surface area (Å²) in [5, 5.41) is 15.0. The first-order valence-electron chi connectivity index (χ1n) is 8.43. The minimum absolute atomic E-state index is 0. The average molecular weight is 452 g/mol. The minimum Gasteiger partial charge on any atom is -0.382 e. The molecule has 1 aromatic heterocycles. The summed E-state index contributed by atoms with van der Waals surface area (Å²) in [6.45, 7) is 13.3. The van der Waals surface area contributed by atoms with Crippen LogP contribution in [0, 0.1) is 12.8 Å². The van der Waals surface area contributed by atoms with Gasteiger partial charge in [0.2, 0.25) is 0 Å². The number of hydrogen-bond acceptors (Lipinski definition) is 4. The van der Waals surface area contributed by atoms with Crippen LogP contribution in [-0.2, 0) is 18.3 Å². The highest BCUT2D eigenvalue weighted by Crippen LogP contribution is 2.01. The van der Waals surface area contributed by atoms with Crippen LogP contribution in [0.4, 0.5) is 0 Å². The molecule has 1 unspecified atom stereocenters. The number of ether oxygens (including phenoxy) is 1. The van der Waals surface area contributed by atoms with Crippen molar-refractivity contribution in [3.8, 4) is 0 Å². The Morgan fingerprint density at radius 3 is 2.54 bits per heavy atom. The van der Waals surface area contributed by atoms with Crippen molar-refractivity contribution in [2.75, 3.05) is 19.8 Å². The molecule has 1 aromatic rings. The van der Waals surface area contributed by atoms with Crippen LogP contribution in [0.5, 0.6) is 0 Å². The lowest BCUT2D eigenvalue weighted by Gasteiger charge is -2.21. The molecule has 1 heterocycles. The van der Waals surface area contributed by atoms with Gasteiger partial charge in [0.05, 0.1) is 0 Å². The Kier molecular flexibility index (Phi) is 12.0. The largest absolute Gasteiger partial charge is 0.382 e. The van der Waals surface area contributed by atoms with Crippen molar-refractivity contribution in [2.24, 2.45) is 18.0 Å². The first-order valence-corrected chi connectivity index (χ1v) is 8.43. The second-order valence-corrected chi connectivity index (χ2v) is 6.04. The molecule has 0 aromatic carbocycles. The van der Waals surface area contributed by atoms with Crippen molar-refractivity contribution in [1.29, 1.82) is 0 Å². The van der Waals surface area contributed by atoms with Crippen molar-refractivity contribution in [2.45, 2.75) is 53.6 Å². The maximum atomic E-state index is 5.36. The van der Waals surface area contributed by atoms with E-state index in [0.29, 0.717) is 18.5 Å². The van der Waals surface area contributed by atoms with Crippen LogP contribution in [-0.4, -0.2) is 46.5 Å². The molecule has 0 spiro atoms. The van der Waals surface area contributed by atoms with Gasteiger partial charge in [-0.1, -0.05) is 13.8 Å². The molecular weight excluding hydrogens is 419 g/mol. The van der Waals surface area contributed by atoms with Crippen LogP contribution in [0.25, 0.3) is 0 Å². The van der Waals surface area contributed by atoms with Gasteiger partial charge in [-0.3, -0.25) is 0 Å². The number of aromatic nitrogens is 3. The van der Waals surface area contributed by atoms with E-state index in [1.54, 1.807) is 0 Å². The smallest absolute Gasteiger partial charge is 0.191 e. The quantitative estimate of drug-likeness (QED) is 0.260. The Morgan fingerprint density at radius 2 is 2.00 bits per heavy atom. The summed E-state index contributed by atoms with van der Waals surface area (Å²) >= 11 is 0. The molecule has 0 fully saturated rings. The summed E-state index contributed by atoms with van der Waals surface area (Å²) in [5.74, 6) is 3.09. The van der Waals surface area contributed by atoms with Crippen LogP contribution < -0.4 is 10.6 Å². The highest BCUT2D eigenvalue weighted by molar-refractivity contribution is 14.0. The fourth-order valence-electron chi connectivity index (χ4n) is 1.80. The summed E-state index contributed by atoms with van der Waals surface area (Å²) < 4.78 is 7.32. The maximum absolute atomic E-state index is 5.36. The molecule has 0 bridgehead atoms. The number of nitrogens with zero attached hydrogens (tertiary/aromatic N) is 4. The fourth-order valence-corrected chi connectivity index (χ4v) is 1.80. The number of rotatable bonds is 9. The molecule has 0 aliphatic rings. The summed E-state index contributed by atoms with van der Waals surface area (Å²) in [7, 11) is 1.96. The molecule has 0 aliphatic heterocycles. The molecular formula is C16H33IN6O. The molecule has 0 amide bonds. The first-order chi connectivity index (χ1) is 11.0. The van der Waals surface area contributed by atoms with Gasteiger partial charge in [-0.05, 0) is 33.1 Å². The lowest BCUT2D eigenvalue weighted by Crippen LogP contribution is -2.44. The molecule has 24 heavy (non-hydrogen) atoms. The molecule has 0 saturated carbocycles. The molecule has 2 N–H and O–H groups in total. The molecule has 0 saturated heterocycles. The van der Waals surface area contributed by atoms with Crippen molar-refractivity contribution >= 4 is 29.9 Å². The molecule has 7 nitrogen and oxygen atoms in total. The van der Waals surface area contributed by atoms with E-state index in [2.05, 4.69) is 46.6 Å². The fraction of sp³-hybridized carbons (Fsp3) is 0.812. The van der Waals surface area contributed by atoms with E-state index in [-0.39, 0.29) is 24.0 Å². The van der Waals surface area contributed by atoms with Gasteiger partial charge in [0, 0.05) is 32.8 Å². The Morgan fingerprint density at radius 1 is 1.29 bits per heavy atom. The van der Waals surface area contributed by atoms with Gasteiger partial charge in [0.25, 0.3) is 0 Å². The van der Waals surface area contributed by atoms with Crippen LogP contribution in [0.15, 0.2) is 4.99 Å². The second-order valence-electron chi connectivity index (χ2n) is 6.04. The van der Waals surface area contributed by atoms with E-state index in [9.17, 15) is 0 Å². The van der Waals surface area contributed by atoms with Gasteiger partial charge < -0.3 is 19.9 Å². The highest BCUT2D eigenvalue weighted by Gasteiger charge is 2.10. The highest BCUT2D eigenvalue weighted by atomic mass is 127. The van der Waals surface area contributed by atoms with Gasteiger partial charge >= 0.3 is 0 Å². The summed E-state index contributed by atoms with van der Waals surface area (Å²) in [6, 6.07) is 0.342. The monoisotopic (exact) mass is 452 g/mol. The van der Waals surface area contributed by atoms with Crippen molar-refractivity contribution in [1.82, 2.24) is 25.4 Å². The molecule has 0 aliphatic carbocycles. The van der Waals surface area contributed by atoms with Crippen LogP contribution >= 0.6 is 24.0 Å². The van der Waals surface area contributed by atoms with Gasteiger partial charge in [0.1, 0.15) is 12.4 Å². The minimum atomic E-state index is 0. The Hall–Kier alpha value is -0.900. The normalized spacial score (nSPS) is 12.9. The number of aliphatic imine (C=N–C) groups is 1. The van der Waals surface area contributed by atoms with Gasteiger partial charge in [-0.15, -0.1) is 34.2 Å². The topological polar surface area (TPSA) is 76.4 Å². The molecule has 1 rings (SSSR count). The van der Waals surface area contributed by atoms with E-state index in [1.165, 1.54) is 0 Å². The first kappa shape index (κ1) is 23.1. The van der Waals surface area contributed by atoms with E-state index in [1.807, 2.05) is 25.5 Å². The SMILES string of the molecule is CCOCCCNC(=NCc1nnc(C)n1C)NC(C)C(C)C.I. The predicted molar refractivity (Wildman–Crippen MR) is 109 cm³/mol. The van der Waals surface area contributed by atoms with Gasteiger partial charge in [-0.25, -0.2) is 4.99 Å². The number of nitrogens with one attached hydrogen (secondary N) is 2. The third-order valence-corrected chi connectivity index (χ3v) is 3.89. The molecule has 0 radical (unpaired) electrons. The molecule has 1 atom stereocenters. The van der Waals surface area contributed by atoms with Crippen LogP contribution in [0.1, 0.15) is 45.8 Å². The lowest BCUT2D eigenvalue weighted by molar-refractivity contribution is 0.145. The summed E-state index contributed by atoms with van der Waals surface area (Å²) in [5.41, 5.74) is 0. The van der Waals surface area contributed by atoms with E-state index < -0.39 is 0 Å². The third kappa shape index (κ3) is 8.27. The van der Waals surface area contributed by atoms with E-state index in [4.69, 9.17) is 4.74 Å². The standard InChI is InChI=1S/C16H32N6O.HI/c1-7-23-10-8-9-17-16(19-13(4)12(2)3)18-11-15-21-20-14(5)22(15)6;/h12-13H,7-11H2,1-6H3,(H2,17,18,19);1H. The predicted octanol–water partition coefficient (Wildman–Crippen LogP) is 2.25. The van der Waals surface area contributed by atoms with Crippen molar-refractivity contribution in [3.63, 3.8) is 0 Å². The second kappa shape index (κ2) is 12.5. The number of halogens is 1. The Balaban J connectivity index is 0.00000529. The summed E-state index contributed by atoms with van der Waals surface area (Å²) in [6.07, 6.45) is 0.952. The zero-order valence-electron chi connectivity index (χ0n) is 15.8. The van der Waals surface area contributed by atoms with E-state index in [0.717, 1.165) is 43.8 Å².